The van der Waals surface area contributed by atoms with Gasteiger partial charge in [-0.1, -0.05) is 74.5 Å². The Kier molecular flexibility index (Phi) is 16.0. The van der Waals surface area contributed by atoms with Gasteiger partial charge in [-0.05, 0) is 55.6 Å². The van der Waals surface area contributed by atoms with Crippen molar-refractivity contribution in [2.24, 2.45) is 28.1 Å². The van der Waals surface area contributed by atoms with Crippen LogP contribution in [0.1, 0.15) is 57.1 Å². The lowest BCUT2D eigenvalue weighted by Gasteiger charge is -2.32. The van der Waals surface area contributed by atoms with Crippen LogP contribution >= 0.6 is 0 Å². The van der Waals surface area contributed by atoms with Gasteiger partial charge in [-0.25, -0.2) is 0 Å². The molecule has 244 valence electrons. The molecule has 8 N–H and O–H groups in total. The number of carbonyl (C=O) groups excluding carboxylic acids is 5. The van der Waals surface area contributed by atoms with Gasteiger partial charge < -0.3 is 32.6 Å². The van der Waals surface area contributed by atoms with Crippen LogP contribution in [0.3, 0.4) is 0 Å². The number of nitrogens with one attached hydrogen (secondary N) is 2. The van der Waals surface area contributed by atoms with E-state index in [1.165, 1.54) is 0 Å². The van der Waals surface area contributed by atoms with Crippen molar-refractivity contribution in [1.82, 2.24) is 15.5 Å². The van der Waals surface area contributed by atoms with E-state index in [9.17, 15) is 24.0 Å². The second kappa shape index (κ2) is 19.6. The molecule has 0 aliphatic rings. The maximum atomic E-state index is 14.0. The predicted molar refractivity (Wildman–Crippen MR) is 174 cm³/mol. The number of hydrogen-bond donors (Lipinski definition) is 5. The van der Waals surface area contributed by atoms with Crippen molar-refractivity contribution in [3.05, 3.63) is 71.8 Å². The summed E-state index contributed by atoms with van der Waals surface area (Å²) in [4.78, 5) is 70.1. The Morgan fingerprint density at radius 1 is 0.867 bits per heavy atom. The van der Waals surface area contributed by atoms with E-state index in [0.29, 0.717) is 25.5 Å². The Morgan fingerprint density at radius 3 is 2.07 bits per heavy atom. The molecule has 0 aliphatic carbocycles. The van der Waals surface area contributed by atoms with Gasteiger partial charge in [0, 0.05) is 6.54 Å². The highest BCUT2D eigenvalue weighted by Gasteiger charge is 2.37. The van der Waals surface area contributed by atoms with E-state index in [1.807, 2.05) is 62.4 Å². The molecular weight excluding hydrogens is 574 g/mol. The molecule has 2 aromatic carbocycles. The summed E-state index contributed by atoms with van der Waals surface area (Å²) in [6, 6.07) is 15.5. The molecule has 12 heteroatoms. The van der Waals surface area contributed by atoms with Crippen LogP contribution in [-0.4, -0.2) is 72.0 Å². The fourth-order valence-corrected chi connectivity index (χ4v) is 4.80. The zero-order valence-corrected chi connectivity index (χ0v) is 26.2. The van der Waals surface area contributed by atoms with Crippen molar-refractivity contribution in [2.75, 3.05) is 13.1 Å². The molecule has 0 aliphatic heterocycles. The molecule has 3 atom stereocenters. The van der Waals surface area contributed by atoms with E-state index in [1.54, 1.807) is 12.1 Å². The highest BCUT2D eigenvalue weighted by Crippen LogP contribution is 2.16. The van der Waals surface area contributed by atoms with Crippen molar-refractivity contribution < 1.29 is 24.0 Å². The second-order valence-electron chi connectivity index (χ2n) is 11.4. The fourth-order valence-electron chi connectivity index (χ4n) is 4.80. The zero-order valence-electron chi connectivity index (χ0n) is 26.2. The Balaban J connectivity index is 2.18. The lowest BCUT2D eigenvalue weighted by Crippen LogP contribution is -2.59. The number of guanidine groups is 1. The summed E-state index contributed by atoms with van der Waals surface area (Å²) < 4.78 is 0. The largest absolute Gasteiger partial charge is 0.370 e. The van der Waals surface area contributed by atoms with Crippen LogP contribution in [0.25, 0.3) is 0 Å². The van der Waals surface area contributed by atoms with Gasteiger partial charge in [-0.3, -0.25) is 29.1 Å². The highest BCUT2D eigenvalue weighted by molar-refractivity contribution is 6.03. The number of hydrogen-bond acceptors (Lipinski definition) is 7. The summed E-state index contributed by atoms with van der Waals surface area (Å²) in [6.45, 7) is 3.56. The second-order valence-corrected chi connectivity index (χ2v) is 11.4. The number of imide groups is 1. The van der Waals surface area contributed by atoms with Crippen LogP contribution in [-0.2, 0) is 36.8 Å². The SMILES string of the molecule is CC(C)C[C@H](NC(=O)CNC(=O)Cc1ccccc1)C(=O)N(C(=O)[C@H](N)CCCc1ccccc1)[C@H](C=O)CCCN=C(N)N. The number of aliphatic imine (C=N–C) groups is 1. The van der Waals surface area contributed by atoms with Gasteiger partial charge in [0.05, 0.1) is 25.0 Å². The molecule has 45 heavy (non-hydrogen) atoms. The summed E-state index contributed by atoms with van der Waals surface area (Å²) in [5, 5.41) is 5.22. The Morgan fingerprint density at radius 2 is 1.49 bits per heavy atom. The molecule has 0 radical (unpaired) electrons. The van der Waals surface area contributed by atoms with E-state index in [-0.39, 0.29) is 56.6 Å². The molecule has 0 saturated heterocycles. The molecule has 0 bridgehead atoms. The van der Waals surface area contributed by atoms with Gasteiger partial charge >= 0.3 is 0 Å². The Hall–Kier alpha value is -4.58. The van der Waals surface area contributed by atoms with Crippen LogP contribution < -0.4 is 27.8 Å². The molecule has 4 amide bonds. The summed E-state index contributed by atoms with van der Waals surface area (Å²) in [6.07, 6.45) is 2.79. The lowest BCUT2D eigenvalue weighted by molar-refractivity contribution is -0.153. The molecule has 2 aromatic rings. The summed E-state index contributed by atoms with van der Waals surface area (Å²) >= 11 is 0. The van der Waals surface area contributed by atoms with E-state index in [2.05, 4.69) is 15.6 Å². The van der Waals surface area contributed by atoms with Crippen LogP contribution in [0, 0.1) is 5.92 Å². The summed E-state index contributed by atoms with van der Waals surface area (Å²) in [5.41, 5.74) is 19.0. The predicted octanol–water partition coefficient (Wildman–Crippen LogP) is 1.20. The fraction of sp³-hybridized carbons (Fsp3) is 0.455. The quantitative estimate of drug-likeness (QED) is 0.0666. The van der Waals surface area contributed by atoms with Gasteiger partial charge in [0.25, 0.3) is 5.91 Å². The number of aryl methyl sites for hydroxylation is 1. The van der Waals surface area contributed by atoms with Gasteiger partial charge in [0.2, 0.25) is 17.7 Å². The first-order valence-electron chi connectivity index (χ1n) is 15.3. The monoisotopic (exact) mass is 621 g/mol. The third-order valence-electron chi connectivity index (χ3n) is 7.05. The van der Waals surface area contributed by atoms with E-state index in [0.717, 1.165) is 16.0 Å². The average molecular weight is 622 g/mol. The maximum Gasteiger partial charge on any atom is 0.252 e. The third-order valence-corrected chi connectivity index (χ3v) is 7.05. The minimum atomic E-state index is -1.14. The minimum Gasteiger partial charge on any atom is -0.370 e. The molecule has 12 nitrogen and oxygen atoms in total. The molecule has 0 aromatic heterocycles. The normalized spacial score (nSPS) is 12.8. The van der Waals surface area contributed by atoms with Gasteiger partial charge in [-0.15, -0.1) is 0 Å². The molecule has 0 unspecified atom stereocenters. The van der Waals surface area contributed by atoms with Gasteiger partial charge in [0.1, 0.15) is 12.3 Å². The van der Waals surface area contributed by atoms with Crippen LogP contribution in [0.15, 0.2) is 65.7 Å². The first kappa shape index (κ1) is 36.6. The first-order valence-corrected chi connectivity index (χ1v) is 15.3. The smallest absolute Gasteiger partial charge is 0.252 e. The highest BCUT2D eigenvalue weighted by atomic mass is 16.2. The van der Waals surface area contributed by atoms with Crippen molar-refractivity contribution in [2.45, 2.75) is 76.9 Å². The van der Waals surface area contributed by atoms with Crippen molar-refractivity contribution >= 4 is 35.9 Å². The molecule has 2 rings (SSSR count). The number of carbonyl (C=O) groups is 5. The topological polar surface area (TPSA) is 203 Å². The summed E-state index contributed by atoms with van der Waals surface area (Å²) in [5.74, 6) is -2.58. The first-order chi connectivity index (χ1) is 21.5. The van der Waals surface area contributed by atoms with Crippen LogP contribution in [0.5, 0.6) is 0 Å². The van der Waals surface area contributed by atoms with E-state index >= 15 is 0 Å². The number of rotatable bonds is 19. The molecule has 0 heterocycles. The standard InChI is InChI=1S/C33H47N7O5/c1-23(2)19-28(39-30(43)21-38-29(42)20-25-13-7-4-8-14-25)32(45)40(26(22-41)16-10-18-37-33(35)36)31(44)27(34)17-9-15-24-11-5-3-6-12-24/h3-8,11-14,22-23,26-28H,9-10,15-21,34H2,1-2H3,(H,38,42)(H,39,43)(H4,35,36,37)/t26-,27+,28-/m0/s1. The minimum absolute atomic E-state index is 0.0556. The number of nitrogens with two attached hydrogens (primary N) is 3. The molecular formula is C33H47N7O5. The molecule has 0 saturated carbocycles. The molecule has 0 fully saturated rings. The Labute approximate surface area is 265 Å². The number of nitrogens with zero attached hydrogens (tertiary/aromatic N) is 2. The Bertz CT molecular complexity index is 1270. The molecule has 0 spiro atoms. The van der Waals surface area contributed by atoms with Gasteiger partial charge in [-0.2, -0.15) is 0 Å². The number of amides is 4. The van der Waals surface area contributed by atoms with Crippen LogP contribution in [0.2, 0.25) is 0 Å². The third kappa shape index (κ3) is 13.7. The summed E-state index contributed by atoms with van der Waals surface area (Å²) in [7, 11) is 0. The zero-order chi connectivity index (χ0) is 33.2. The maximum absolute atomic E-state index is 14.0. The average Bonchev–Trinajstić information content (AvgIpc) is 3.01. The van der Waals surface area contributed by atoms with Crippen molar-refractivity contribution in [3.63, 3.8) is 0 Å². The van der Waals surface area contributed by atoms with E-state index in [4.69, 9.17) is 17.2 Å². The van der Waals surface area contributed by atoms with Gasteiger partial charge in [0.15, 0.2) is 5.96 Å². The van der Waals surface area contributed by atoms with Crippen molar-refractivity contribution in [3.8, 4) is 0 Å². The van der Waals surface area contributed by atoms with Crippen LogP contribution in [0.4, 0.5) is 0 Å². The van der Waals surface area contributed by atoms with E-state index < -0.39 is 35.8 Å². The number of aldehydes is 1. The number of benzene rings is 2. The lowest BCUT2D eigenvalue weighted by atomic mass is 9.99. The van der Waals surface area contributed by atoms with Crippen molar-refractivity contribution in [1.29, 1.82) is 0 Å².